The van der Waals surface area contributed by atoms with E-state index < -0.39 is 0 Å². The van der Waals surface area contributed by atoms with Crippen LogP contribution in [-0.4, -0.2) is 22.5 Å². The van der Waals surface area contributed by atoms with E-state index in [9.17, 15) is 0 Å². The number of nitrogens with one attached hydrogen (secondary N) is 1. The van der Waals surface area contributed by atoms with E-state index in [1.165, 1.54) is 0 Å². The van der Waals surface area contributed by atoms with Crippen molar-refractivity contribution in [3.8, 4) is 0 Å². The van der Waals surface area contributed by atoms with Crippen LogP contribution in [-0.2, 0) is 5.41 Å². The van der Waals surface area contributed by atoms with E-state index in [1.807, 2.05) is 18.3 Å². The molecule has 2 N–H and O–H groups in total. The summed E-state index contributed by atoms with van der Waals surface area (Å²) in [5.41, 5.74) is 1.94. The van der Waals surface area contributed by atoms with Crippen LogP contribution in [0.4, 0.5) is 0 Å². The average Bonchev–Trinajstić information content (AvgIpc) is 2.72. The Morgan fingerprint density at radius 3 is 3.00 bits per heavy atom. The number of hydrogen-bond acceptors (Lipinski definition) is 2. The van der Waals surface area contributed by atoms with Gasteiger partial charge in [-0.15, -0.1) is 0 Å². The summed E-state index contributed by atoms with van der Waals surface area (Å²) in [6.07, 6.45) is 10.4. The van der Waals surface area contributed by atoms with Crippen LogP contribution in [0.1, 0.15) is 19.0 Å². The fourth-order valence-electron chi connectivity index (χ4n) is 1.61. The van der Waals surface area contributed by atoms with Crippen LogP contribution in [0.3, 0.4) is 0 Å². The van der Waals surface area contributed by atoms with Crippen molar-refractivity contribution in [3.05, 3.63) is 41.9 Å². The maximum atomic E-state index is 8.83. The molecular weight excluding hydrogens is 175 g/mol. The molecule has 0 aromatic carbocycles. The molecule has 1 heterocycles. The second-order valence-electron chi connectivity index (χ2n) is 3.75. The molecule has 4 heteroatoms. The van der Waals surface area contributed by atoms with Crippen molar-refractivity contribution >= 4 is 7.48 Å². The van der Waals surface area contributed by atoms with Crippen molar-refractivity contribution < 1.29 is 5.02 Å². The van der Waals surface area contributed by atoms with Crippen molar-refractivity contribution in [2.75, 3.05) is 0 Å². The smallest absolute Gasteiger partial charge is 0.326 e. The summed E-state index contributed by atoms with van der Waals surface area (Å²) in [6.45, 7) is 2.14. The van der Waals surface area contributed by atoms with Crippen LogP contribution in [0.5, 0.6) is 0 Å². The van der Waals surface area contributed by atoms with Gasteiger partial charge in [0.25, 0.3) is 0 Å². The summed E-state index contributed by atoms with van der Waals surface area (Å²) < 4.78 is 0. The molecule has 0 saturated carbocycles. The molecular formula is C10H12BN2O. The fraction of sp³-hybridized carbons (Fsp3) is 0.300. The Labute approximate surface area is 83.8 Å². The second kappa shape index (κ2) is 3.46. The SMILES string of the molecule is CC1(c2cnc[nH]2)C=CC([B]O)=CC1. The third-order valence-electron chi connectivity index (χ3n) is 2.67. The first-order valence-electron chi connectivity index (χ1n) is 4.60. The minimum atomic E-state index is -0.0248. The Bertz CT molecular complexity index is 369. The molecule has 2 rings (SSSR count). The lowest BCUT2D eigenvalue weighted by Gasteiger charge is -2.26. The maximum absolute atomic E-state index is 8.83. The van der Waals surface area contributed by atoms with Crippen LogP contribution < -0.4 is 0 Å². The molecule has 1 atom stereocenters. The first-order chi connectivity index (χ1) is 6.74. The van der Waals surface area contributed by atoms with Crippen molar-refractivity contribution in [2.24, 2.45) is 0 Å². The molecule has 71 valence electrons. The van der Waals surface area contributed by atoms with Gasteiger partial charge >= 0.3 is 7.48 Å². The number of rotatable bonds is 2. The number of hydrogen-bond donors (Lipinski definition) is 2. The number of H-pyrrole nitrogens is 1. The quantitative estimate of drug-likeness (QED) is 0.681. The monoisotopic (exact) mass is 187 g/mol. The van der Waals surface area contributed by atoms with Gasteiger partial charge in [0.2, 0.25) is 0 Å². The first kappa shape index (κ1) is 9.28. The molecule has 1 unspecified atom stereocenters. The predicted octanol–water partition coefficient (Wildman–Crippen LogP) is 1.12. The minimum absolute atomic E-state index is 0.0248. The van der Waals surface area contributed by atoms with E-state index in [0.717, 1.165) is 25.1 Å². The standard InChI is InChI=1S/C10H12BN2O/c1-10(9-6-12-7-13-9)4-2-8(11-14)3-5-10/h2-4,6-7,14H,5H2,1H3,(H,12,13). The van der Waals surface area contributed by atoms with Crippen molar-refractivity contribution in [1.29, 1.82) is 0 Å². The summed E-state index contributed by atoms with van der Waals surface area (Å²) in [4.78, 5) is 7.13. The lowest BCUT2D eigenvalue weighted by molar-refractivity contribution is 0.576. The van der Waals surface area contributed by atoms with Gasteiger partial charge in [-0.1, -0.05) is 30.6 Å². The highest BCUT2D eigenvalue weighted by molar-refractivity contribution is 6.37. The molecule has 14 heavy (non-hydrogen) atoms. The molecule has 1 aliphatic rings. The fourth-order valence-corrected chi connectivity index (χ4v) is 1.61. The van der Waals surface area contributed by atoms with E-state index in [1.54, 1.807) is 6.33 Å². The molecule has 1 aromatic rings. The number of aromatic nitrogens is 2. The number of allylic oxidation sites excluding steroid dienone is 4. The van der Waals surface area contributed by atoms with E-state index in [2.05, 4.69) is 23.0 Å². The van der Waals surface area contributed by atoms with Crippen LogP contribution in [0.2, 0.25) is 0 Å². The summed E-state index contributed by atoms with van der Waals surface area (Å²) in [5.74, 6) is 0. The van der Waals surface area contributed by atoms with Crippen molar-refractivity contribution in [1.82, 2.24) is 9.97 Å². The molecule has 1 radical (unpaired) electrons. The third-order valence-corrected chi connectivity index (χ3v) is 2.67. The molecule has 0 aliphatic heterocycles. The van der Waals surface area contributed by atoms with Gasteiger partial charge in [-0.25, -0.2) is 4.98 Å². The molecule has 3 nitrogen and oxygen atoms in total. The van der Waals surface area contributed by atoms with E-state index in [4.69, 9.17) is 5.02 Å². The predicted molar refractivity (Wildman–Crippen MR) is 55.8 cm³/mol. The molecule has 0 saturated heterocycles. The van der Waals surface area contributed by atoms with Gasteiger partial charge in [-0.3, -0.25) is 0 Å². The average molecular weight is 187 g/mol. The van der Waals surface area contributed by atoms with Gasteiger partial charge in [0.05, 0.1) is 6.33 Å². The lowest BCUT2D eigenvalue weighted by atomic mass is 9.74. The van der Waals surface area contributed by atoms with Crippen LogP contribution in [0.25, 0.3) is 0 Å². The second-order valence-corrected chi connectivity index (χ2v) is 3.75. The van der Waals surface area contributed by atoms with Gasteiger partial charge in [0.1, 0.15) is 0 Å². The molecule has 0 amide bonds. The highest BCUT2D eigenvalue weighted by atomic mass is 16.2. The van der Waals surface area contributed by atoms with Crippen LogP contribution in [0, 0.1) is 0 Å². The van der Waals surface area contributed by atoms with Gasteiger partial charge in [0.15, 0.2) is 0 Å². The molecule has 0 fully saturated rings. The van der Waals surface area contributed by atoms with Crippen LogP contribution >= 0.6 is 0 Å². The topological polar surface area (TPSA) is 48.9 Å². The Hall–Kier alpha value is -1.29. The maximum Gasteiger partial charge on any atom is 0.326 e. The summed E-state index contributed by atoms with van der Waals surface area (Å²) in [6, 6.07) is 0. The Morgan fingerprint density at radius 1 is 1.64 bits per heavy atom. The Balaban J connectivity index is 2.23. The van der Waals surface area contributed by atoms with E-state index in [0.29, 0.717) is 0 Å². The summed E-state index contributed by atoms with van der Waals surface area (Å²) in [7, 11) is 1.13. The van der Waals surface area contributed by atoms with E-state index >= 15 is 0 Å². The summed E-state index contributed by atoms with van der Waals surface area (Å²) >= 11 is 0. The highest BCUT2D eigenvalue weighted by Crippen LogP contribution is 2.31. The zero-order chi connectivity index (χ0) is 10.0. The van der Waals surface area contributed by atoms with Gasteiger partial charge in [-0.05, 0) is 6.42 Å². The van der Waals surface area contributed by atoms with Gasteiger partial charge < -0.3 is 10.0 Å². The minimum Gasteiger partial charge on any atom is -0.450 e. The van der Waals surface area contributed by atoms with Gasteiger partial charge in [-0.2, -0.15) is 0 Å². The normalized spacial score (nSPS) is 26.0. The van der Waals surface area contributed by atoms with Gasteiger partial charge in [0, 0.05) is 17.3 Å². The molecule has 0 bridgehead atoms. The number of nitrogens with zero attached hydrogens (tertiary/aromatic N) is 1. The van der Waals surface area contributed by atoms with E-state index in [-0.39, 0.29) is 5.41 Å². The largest absolute Gasteiger partial charge is 0.450 e. The number of aromatic amines is 1. The third kappa shape index (κ3) is 1.53. The Kier molecular flexibility index (Phi) is 2.29. The molecule has 1 aromatic heterocycles. The zero-order valence-electron chi connectivity index (χ0n) is 8.07. The zero-order valence-corrected chi connectivity index (χ0v) is 8.07. The summed E-state index contributed by atoms with van der Waals surface area (Å²) in [5, 5.41) is 8.83. The molecule has 0 spiro atoms. The lowest BCUT2D eigenvalue weighted by Crippen LogP contribution is -2.21. The Morgan fingerprint density at radius 2 is 2.50 bits per heavy atom. The van der Waals surface area contributed by atoms with Crippen molar-refractivity contribution in [3.63, 3.8) is 0 Å². The molecule has 1 aliphatic carbocycles. The first-order valence-corrected chi connectivity index (χ1v) is 4.60. The van der Waals surface area contributed by atoms with Crippen molar-refractivity contribution in [2.45, 2.75) is 18.8 Å². The highest BCUT2D eigenvalue weighted by Gasteiger charge is 2.25. The number of imidazole rings is 1. The van der Waals surface area contributed by atoms with Crippen LogP contribution in [0.15, 0.2) is 36.2 Å².